The highest BCUT2D eigenvalue weighted by Crippen LogP contribution is 2.44. The molecule has 0 bridgehead atoms. The summed E-state index contributed by atoms with van der Waals surface area (Å²) in [5.74, 6) is 0.394. The van der Waals surface area contributed by atoms with Crippen LogP contribution in [-0.2, 0) is 0 Å². The van der Waals surface area contributed by atoms with E-state index in [4.69, 9.17) is 4.74 Å². The molecule has 33 heavy (non-hydrogen) atoms. The summed E-state index contributed by atoms with van der Waals surface area (Å²) in [6.07, 6.45) is -4.02. The first-order valence-electron chi connectivity index (χ1n) is 11.0. The van der Waals surface area contributed by atoms with Gasteiger partial charge >= 0.3 is 6.18 Å². The molecular weight excluding hydrogens is 433 g/mol. The molecule has 0 aliphatic carbocycles. The first-order chi connectivity index (χ1) is 15.1. The Labute approximate surface area is 193 Å². The van der Waals surface area contributed by atoms with Crippen LogP contribution in [0, 0.1) is 5.41 Å². The van der Waals surface area contributed by atoms with Crippen LogP contribution in [-0.4, -0.2) is 46.5 Å². The average molecular weight is 467 g/mol. The molecule has 2 atom stereocenters. The fourth-order valence-corrected chi connectivity index (χ4v) is 4.60. The van der Waals surface area contributed by atoms with Gasteiger partial charge in [-0.1, -0.05) is 32.9 Å². The molecule has 1 N–H and O–H groups in total. The van der Waals surface area contributed by atoms with Gasteiger partial charge in [0.1, 0.15) is 11.6 Å². The van der Waals surface area contributed by atoms with Crippen LogP contribution in [0.1, 0.15) is 75.6 Å². The van der Waals surface area contributed by atoms with Crippen molar-refractivity contribution < 1.29 is 22.7 Å². The Hall–Kier alpha value is -2.71. The van der Waals surface area contributed by atoms with Gasteiger partial charge in [0.05, 0.1) is 13.2 Å². The Morgan fingerprint density at radius 3 is 2.30 bits per heavy atom. The maximum absolute atomic E-state index is 14.0. The third-order valence-electron chi connectivity index (χ3n) is 6.10. The normalized spacial score (nSPS) is 19.0. The highest BCUT2D eigenvalue weighted by molar-refractivity contribution is 5.93. The Bertz CT molecular complexity index is 991. The zero-order valence-corrected chi connectivity index (χ0v) is 20.2. The second-order valence-corrected chi connectivity index (χ2v) is 10.5. The summed E-state index contributed by atoms with van der Waals surface area (Å²) in [5.41, 5.74) is 0.169. The number of anilines is 1. The fraction of sp³-hybridized carbons (Fsp3) is 0.583. The van der Waals surface area contributed by atoms with E-state index in [-0.39, 0.29) is 23.3 Å². The van der Waals surface area contributed by atoms with Crippen molar-refractivity contribution in [2.24, 2.45) is 5.41 Å². The number of halogens is 3. The lowest BCUT2D eigenvalue weighted by atomic mass is 9.81. The number of hydrogen-bond acceptors (Lipinski definition) is 4. The molecule has 0 radical (unpaired) electrons. The van der Waals surface area contributed by atoms with Crippen LogP contribution in [0.25, 0.3) is 0 Å². The summed E-state index contributed by atoms with van der Waals surface area (Å²) < 4.78 is 47.9. The van der Waals surface area contributed by atoms with E-state index in [9.17, 15) is 18.0 Å². The van der Waals surface area contributed by atoms with Crippen LogP contribution in [0.2, 0.25) is 0 Å². The molecule has 6 nitrogen and oxygen atoms in total. The molecule has 1 aromatic heterocycles. The molecule has 1 aliphatic rings. The van der Waals surface area contributed by atoms with Crippen molar-refractivity contribution in [1.29, 1.82) is 0 Å². The number of methoxy groups -OCH3 is 1. The van der Waals surface area contributed by atoms with E-state index in [1.54, 1.807) is 36.2 Å². The van der Waals surface area contributed by atoms with Gasteiger partial charge in [-0.15, -0.1) is 0 Å². The number of alkyl halides is 3. The van der Waals surface area contributed by atoms with Gasteiger partial charge in [-0.25, -0.2) is 4.68 Å². The number of carbonyl (C=O) groups is 1. The first kappa shape index (κ1) is 24.9. The summed E-state index contributed by atoms with van der Waals surface area (Å²) in [7, 11) is 3.20. The molecule has 3 rings (SSSR count). The van der Waals surface area contributed by atoms with Gasteiger partial charge < -0.3 is 15.0 Å². The van der Waals surface area contributed by atoms with E-state index in [1.807, 2.05) is 13.8 Å². The van der Waals surface area contributed by atoms with E-state index in [2.05, 4.69) is 31.2 Å². The quantitative estimate of drug-likeness (QED) is 0.602. The van der Waals surface area contributed by atoms with Crippen molar-refractivity contribution >= 4 is 11.7 Å². The number of amides is 1. The number of ether oxygens (including phenoxy) is 1. The zero-order chi connectivity index (χ0) is 24.8. The van der Waals surface area contributed by atoms with E-state index >= 15 is 0 Å². The summed E-state index contributed by atoms with van der Waals surface area (Å²) in [6, 6.07) is 5.91. The van der Waals surface area contributed by atoms with Crippen LogP contribution < -0.4 is 10.1 Å². The molecule has 1 aromatic carbocycles. The smallest absolute Gasteiger partial charge is 0.410 e. The lowest BCUT2D eigenvalue weighted by Gasteiger charge is -2.39. The molecule has 0 saturated heterocycles. The van der Waals surface area contributed by atoms with Crippen LogP contribution in [0.5, 0.6) is 5.75 Å². The number of benzene rings is 1. The number of fused-ring (bicyclic) bond motifs is 1. The molecule has 2 aromatic rings. The van der Waals surface area contributed by atoms with Crippen molar-refractivity contribution in [2.45, 2.75) is 71.3 Å². The second-order valence-electron chi connectivity index (χ2n) is 10.5. The number of carbonyl (C=O) groups excluding carboxylic acids is 1. The molecule has 0 saturated carbocycles. The van der Waals surface area contributed by atoms with Gasteiger partial charge in [0.2, 0.25) is 0 Å². The molecule has 9 heteroatoms. The number of hydrogen-bond donors (Lipinski definition) is 1. The van der Waals surface area contributed by atoms with Crippen molar-refractivity contribution in [1.82, 2.24) is 14.7 Å². The van der Waals surface area contributed by atoms with Crippen molar-refractivity contribution in [3.8, 4) is 5.75 Å². The minimum Gasteiger partial charge on any atom is -0.497 e. The lowest BCUT2D eigenvalue weighted by Crippen LogP contribution is -2.47. The van der Waals surface area contributed by atoms with Gasteiger partial charge in [0.25, 0.3) is 5.91 Å². The number of nitrogens with one attached hydrogen (secondary N) is 1. The van der Waals surface area contributed by atoms with E-state index in [1.165, 1.54) is 13.2 Å². The molecule has 1 amide bonds. The Kier molecular flexibility index (Phi) is 6.47. The molecular formula is C24H33F3N4O2. The Balaban J connectivity index is 1.93. The number of aromatic nitrogens is 2. The van der Waals surface area contributed by atoms with Gasteiger partial charge in [0.15, 0.2) is 11.7 Å². The minimum atomic E-state index is -4.51. The Morgan fingerprint density at radius 1 is 1.18 bits per heavy atom. The molecule has 0 fully saturated rings. The minimum absolute atomic E-state index is 0.00776. The first-order valence-corrected chi connectivity index (χ1v) is 11.0. The maximum Gasteiger partial charge on any atom is 0.410 e. The van der Waals surface area contributed by atoms with E-state index in [0.29, 0.717) is 11.3 Å². The Morgan fingerprint density at radius 2 is 1.79 bits per heavy atom. The standard InChI is InChI=1S/C24H33F3N4O2/c1-22(2,3)14-23(4,5)30(6)21(32)18-13-20-28-17(15-8-10-16(33-7)11-9-15)12-19(24(25,26)27)31(20)29-18/h8-11,13,17,19,28H,12,14H2,1-7H3/t17-,19-/m0/s1. The molecule has 0 spiro atoms. The predicted octanol–water partition coefficient (Wildman–Crippen LogP) is 5.84. The predicted molar refractivity (Wildman–Crippen MR) is 122 cm³/mol. The number of nitrogens with zero attached hydrogens (tertiary/aromatic N) is 3. The summed E-state index contributed by atoms with van der Waals surface area (Å²) in [4.78, 5) is 14.8. The second kappa shape index (κ2) is 8.57. The van der Waals surface area contributed by atoms with Crippen molar-refractivity contribution in [3.05, 3.63) is 41.6 Å². The van der Waals surface area contributed by atoms with Crippen molar-refractivity contribution in [3.63, 3.8) is 0 Å². The maximum atomic E-state index is 14.0. The SMILES string of the molecule is COc1ccc([C@@H]2C[C@@H](C(F)(F)F)n3nc(C(=O)N(C)C(C)(C)CC(C)(C)C)cc3N2)cc1. The van der Waals surface area contributed by atoms with Gasteiger partial charge in [-0.05, 0) is 43.4 Å². The molecule has 0 unspecified atom stereocenters. The van der Waals surface area contributed by atoms with E-state index < -0.39 is 29.7 Å². The third kappa shape index (κ3) is 5.45. The fourth-order valence-electron chi connectivity index (χ4n) is 4.60. The third-order valence-corrected chi connectivity index (χ3v) is 6.10. The monoisotopic (exact) mass is 466 g/mol. The summed E-state index contributed by atoms with van der Waals surface area (Å²) >= 11 is 0. The lowest BCUT2D eigenvalue weighted by molar-refractivity contribution is -0.173. The van der Waals surface area contributed by atoms with Crippen molar-refractivity contribution in [2.75, 3.05) is 19.5 Å². The largest absolute Gasteiger partial charge is 0.497 e. The van der Waals surface area contributed by atoms with Crippen LogP contribution in [0.15, 0.2) is 30.3 Å². The highest BCUT2D eigenvalue weighted by atomic mass is 19.4. The average Bonchev–Trinajstić information content (AvgIpc) is 3.13. The molecule has 1 aliphatic heterocycles. The van der Waals surface area contributed by atoms with E-state index in [0.717, 1.165) is 11.1 Å². The topological polar surface area (TPSA) is 59.4 Å². The molecule has 2 heterocycles. The van der Waals surface area contributed by atoms with Crippen LogP contribution >= 0.6 is 0 Å². The van der Waals surface area contributed by atoms with Gasteiger partial charge in [0, 0.05) is 25.1 Å². The zero-order valence-electron chi connectivity index (χ0n) is 20.2. The summed E-state index contributed by atoms with van der Waals surface area (Å²) in [6.45, 7) is 10.1. The summed E-state index contributed by atoms with van der Waals surface area (Å²) in [5, 5.41) is 7.24. The molecule has 182 valence electrons. The van der Waals surface area contributed by atoms with Crippen LogP contribution in [0.3, 0.4) is 0 Å². The highest BCUT2D eigenvalue weighted by Gasteiger charge is 2.47. The van der Waals surface area contributed by atoms with Gasteiger partial charge in [-0.3, -0.25) is 4.79 Å². The van der Waals surface area contributed by atoms with Crippen LogP contribution in [0.4, 0.5) is 19.0 Å². The number of rotatable bonds is 5. The van der Waals surface area contributed by atoms with Gasteiger partial charge in [-0.2, -0.15) is 18.3 Å².